The second kappa shape index (κ2) is 6.10. The third-order valence-corrected chi connectivity index (χ3v) is 3.71. The van der Waals surface area contributed by atoms with E-state index in [2.05, 4.69) is 47.5 Å². The lowest BCUT2D eigenvalue weighted by Crippen LogP contribution is -2.24. The van der Waals surface area contributed by atoms with Crippen molar-refractivity contribution in [3.63, 3.8) is 0 Å². The van der Waals surface area contributed by atoms with E-state index in [9.17, 15) is 4.79 Å². The van der Waals surface area contributed by atoms with Crippen molar-refractivity contribution in [2.75, 3.05) is 25.7 Å². The van der Waals surface area contributed by atoms with E-state index in [0.29, 0.717) is 0 Å². The summed E-state index contributed by atoms with van der Waals surface area (Å²) < 4.78 is 4.72. The summed E-state index contributed by atoms with van der Waals surface area (Å²) in [6.07, 6.45) is 3.53. The van der Waals surface area contributed by atoms with Gasteiger partial charge in [0.25, 0.3) is 5.91 Å². The van der Waals surface area contributed by atoms with Gasteiger partial charge in [0.1, 0.15) is 6.61 Å². The van der Waals surface area contributed by atoms with Crippen molar-refractivity contribution in [3.05, 3.63) is 41.6 Å². The largest absolute Gasteiger partial charge is 0.375 e. The van der Waals surface area contributed by atoms with E-state index in [4.69, 9.17) is 4.74 Å². The van der Waals surface area contributed by atoms with Gasteiger partial charge in [-0.3, -0.25) is 4.79 Å². The minimum Gasteiger partial charge on any atom is -0.375 e. The lowest BCUT2D eigenvalue weighted by Gasteiger charge is -2.23. The molecule has 0 unspecified atom stereocenters. The number of carbonyl (C=O) groups is 1. The fourth-order valence-electron chi connectivity index (χ4n) is 2.68. The number of likely N-dealkylation sites (N-methyl/N-ethyl adjacent to an activating group) is 1. The van der Waals surface area contributed by atoms with E-state index in [1.807, 2.05) is 19.2 Å². The number of benzene rings is 1. The Kier molecular flexibility index (Phi) is 4.43. The normalized spacial score (nSPS) is 18.3. The topological polar surface area (TPSA) is 53.9 Å². The van der Waals surface area contributed by atoms with Crippen molar-refractivity contribution in [3.8, 4) is 0 Å². The number of amides is 1. The number of ether oxygens (including phenoxy) is 1. The summed E-state index contributed by atoms with van der Waals surface area (Å²) in [5.74, 6) is -0.269. The maximum atomic E-state index is 11.2. The van der Waals surface area contributed by atoms with Crippen LogP contribution in [0.1, 0.15) is 19.4 Å². The summed E-state index contributed by atoms with van der Waals surface area (Å²) in [4.78, 5) is 13.4. The Morgan fingerprint density at radius 2 is 2.14 bits per heavy atom. The molecule has 0 bridgehead atoms. The van der Waals surface area contributed by atoms with Gasteiger partial charge in [-0.25, -0.2) is 5.43 Å². The van der Waals surface area contributed by atoms with Gasteiger partial charge in [-0.2, -0.15) is 5.10 Å². The molecular formula is C16H21N3O2. The predicted octanol–water partition coefficient (Wildman–Crippen LogP) is 2.05. The zero-order valence-corrected chi connectivity index (χ0v) is 12.9. The maximum absolute atomic E-state index is 11.2. The van der Waals surface area contributed by atoms with Crippen LogP contribution in [0.3, 0.4) is 0 Å². The van der Waals surface area contributed by atoms with E-state index in [1.165, 1.54) is 18.4 Å². The van der Waals surface area contributed by atoms with Crippen molar-refractivity contribution in [2.45, 2.75) is 19.3 Å². The lowest BCUT2D eigenvalue weighted by atomic mass is 9.84. The second-order valence-corrected chi connectivity index (χ2v) is 5.50. The number of para-hydroxylation sites is 1. The molecular weight excluding hydrogens is 266 g/mol. The standard InChI is InChI=1S/C16H21N3O2/c1-16(2)12-7-5-6-8-13(12)19(3)14(16)9-10-17-18-15(20)11-21-4/h5-10H,11H2,1-4H3,(H,18,20). The van der Waals surface area contributed by atoms with Gasteiger partial charge in [0.2, 0.25) is 0 Å². The third kappa shape index (κ3) is 2.97. The molecule has 5 nitrogen and oxygen atoms in total. The predicted molar refractivity (Wildman–Crippen MR) is 84.5 cm³/mol. The van der Waals surface area contributed by atoms with Gasteiger partial charge in [-0.05, 0) is 17.7 Å². The Morgan fingerprint density at radius 3 is 2.81 bits per heavy atom. The Morgan fingerprint density at radius 1 is 1.43 bits per heavy atom. The number of allylic oxidation sites excluding steroid dienone is 2. The molecule has 1 heterocycles. The zero-order chi connectivity index (χ0) is 15.5. The van der Waals surface area contributed by atoms with Crippen LogP contribution in [0, 0.1) is 0 Å². The summed E-state index contributed by atoms with van der Waals surface area (Å²) in [6, 6.07) is 8.34. The van der Waals surface area contributed by atoms with Gasteiger partial charge in [0.05, 0.1) is 0 Å². The van der Waals surface area contributed by atoms with Crippen molar-refractivity contribution in [1.29, 1.82) is 0 Å². The third-order valence-electron chi connectivity index (χ3n) is 3.71. The maximum Gasteiger partial charge on any atom is 0.266 e. The Labute approximate surface area is 125 Å². The van der Waals surface area contributed by atoms with E-state index in [-0.39, 0.29) is 17.9 Å². The van der Waals surface area contributed by atoms with Crippen molar-refractivity contribution >= 4 is 17.8 Å². The number of hydrazone groups is 1. The molecule has 0 saturated carbocycles. The highest BCUT2D eigenvalue weighted by Gasteiger charge is 2.37. The van der Waals surface area contributed by atoms with Gasteiger partial charge in [-0.15, -0.1) is 0 Å². The molecule has 0 aliphatic carbocycles. The van der Waals surface area contributed by atoms with Gasteiger partial charge >= 0.3 is 0 Å². The molecule has 0 atom stereocenters. The number of nitrogens with one attached hydrogen (secondary N) is 1. The molecule has 1 aromatic carbocycles. The van der Waals surface area contributed by atoms with Crippen LogP contribution in [0.4, 0.5) is 5.69 Å². The Balaban J connectivity index is 2.16. The van der Waals surface area contributed by atoms with E-state index < -0.39 is 0 Å². The average Bonchev–Trinajstić information content (AvgIpc) is 2.64. The molecule has 1 N–H and O–H groups in total. The molecule has 1 aliphatic rings. The van der Waals surface area contributed by atoms with Crippen LogP contribution in [-0.2, 0) is 14.9 Å². The number of carbonyl (C=O) groups excluding carboxylic acids is 1. The fraction of sp³-hybridized carbons (Fsp3) is 0.375. The van der Waals surface area contributed by atoms with Gasteiger partial charge in [-0.1, -0.05) is 32.0 Å². The Hall–Kier alpha value is -2.14. The Bertz CT molecular complexity index is 591. The summed E-state index contributed by atoms with van der Waals surface area (Å²) >= 11 is 0. The van der Waals surface area contributed by atoms with Crippen LogP contribution in [0.5, 0.6) is 0 Å². The number of fused-ring (bicyclic) bond motifs is 1. The molecule has 1 aromatic rings. The van der Waals surface area contributed by atoms with Gasteiger partial charge in [0, 0.05) is 37.2 Å². The van der Waals surface area contributed by atoms with Crippen molar-refractivity contribution in [1.82, 2.24) is 5.43 Å². The minimum atomic E-state index is -0.269. The van der Waals surface area contributed by atoms with Crippen LogP contribution in [0.2, 0.25) is 0 Å². The summed E-state index contributed by atoms with van der Waals surface area (Å²) in [7, 11) is 3.51. The summed E-state index contributed by atoms with van der Waals surface area (Å²) in [6.45, 7) is 4.36. The van der Waals surface area contributed by atoms with Crippen LogP contribution in [-0.4, -0.2) is 32.9 Å². The van der Waals surface area contributed by atoms with Gasteiger partial charge in [0.15, 0.2) is 0 Å². The number of anilines is 1. The van der Waals surface area contributed by atoms with Crippen LogP contribution in [0.25, 0.3) is 0 Å². The molecule has 0 fully saturated rings. The first-order valence-electron chi connectivity index (χ1n) is 6.83. The first-order chi connectivity index (χ1) is 9.98. The number of hydrogen-bond donors (Lipinski definition) is 1. The van der Waals surface area contributed by atoms with Crippen LogP contribution >= 0.6 is 0 Å². The van der Waals surface area contributed by atoms with Gasteiger partial charge < -0.3 is 9.64 Å². The molecule has 5 heteroatoms. The second-order valence-electron chi connectivity index (χ2n) is 5.50. The zero-order valence-electron chi connectivity index (χ0n) is 12.9. The van der Waals surface area contributed by atoms with Crippen molar-refractivity contribution < 1.29 is 9.53 Å². The summed E-state index contributed by atoms with van der Waals surface area (Å²) in [5, 5.41) is 3.91. The number of methoxy groups -OCH3 is 1. The molecule has 0 aromatic heterocycles. The van der Waals surface area contributed by atoms with Crippen molar-refractivity contribution in [2.24, 2.45) is 5.10 Å². The molecule has 1 amide bonds. The quantitative estimate of drug-likeness (QED) is 0.681. The molecule has 0 spiro atoms. The highest BCUT2D eigenvalue weighted by Crippen LogP contribution is 2.46. The number of nitrogens with zero attached hydrogens (tertiary/aromatic N) is 2. The summed E-state index contributed by atoms with van der Waals surface area (Å²) in [5.41, 5.74) is 5.94. The van der Waals surface area contributed by atoms with E-state index in [0.717, 1.165) is 5.70 Å². The first-order valence-corrected chi connectivity index (χ1v) is 6.83. The molecule has 0 saturated heterocycles. The van der Waals surface area contributed by atoms with Crippen LogP contribution in [0.15, 0.2) is 41.1 Å². The smallest absolute Gasteiger partial charge is 0.266 e. The lowest BCUT2D eigenvalue weighted by molar-refractivity contribution is -0.124. The first kappa shape index (κ1) is 15.3. The number of hydrogen-bond acceptors (Lipinski definition) is 4. The monoisotopic (exact) mass is 287 g/mol. The molecule has 112 valence electrons. The molecule has 2 rings (SSSR count). The minimum absolute atomic E-state index is 0.00471. The fourth-order valence-corrected chi connectivity index (χ4v) is 2.68. The molecule has 1 aliphatic heterocycles. The van der Waals surface area contributed by atoms with E-state index >= 15 is 0 Å². The highest BCUT2D eigenvalue weighted by molar-refractivity contribution is 5.82. The number of rotatable bonds is 4. The molecule has 21 heavy (non-hydrogen) atoms. The van der Waals surface area contributed by atoms with Crippen LogP contribution < -0.4 is 10.3 Å². The highest BCUT2D eigenvalue weighted by atomic mass is 16.5. The van der Waals surface area contributed by atoms with E-state index in [1.54, 1.807) is 6.21 Å². The average molecular weight is 287 g/mol. The molecule has 0 radical (unpaired) electrons. The SMILES string of the molecule is COCC(=O)NN=CC=C1N(C)c2ccccc2C1(C)C.